The van der Waals surface area contributed by atoms with Gasteiger partial charge in [0.05, 0.1) is 12.0 Å². The Morgan fingerprint density at radius 1 is 1.31 bits per heavy atom. The van der Waals surface area contributed by atoms with Crippen molar-refractivity contribution in [3.8, 4) is 0 Å². The molecule has 0 fully saturated rings. The molecule has 0 spiro atoms. The van der Waals surface area contributed by atoms with Crippen LogP contribution in [0.15, 0.2) is 36.8 Å². The van der Waals surface area contributed by atoms with E-state index in [1.165, 1.54) is 0 Å². The summed E-state index contributed by atoms with van der Waals surface area (Å²) in [5, 5.41) is 4.15. The van der Waals surface area contributed by atoms with Crippen LogP contribution in [0, 0.1) is 0 Å². The zero-order valence-electron chi connectivity index (χ0n) is 9.15. The molecule has 0 atom stereocenters. The lowest BCUT2D eigenvalue weighted by Gasteiger charge is -2.06. The summed E-state index contributed by atoms with van der Waals surface area (Å²) in [5.74, 6) is 0. The quantitative estimate of drug-likeness (QED) is 0.882. The number of nitrogens with zero attached hydrogens (tertiary/aromatic N) is 2. The minimum Gasteiger partial charge on any atom is -0.337 e. The standard InChI is InChI=1S/C12H14ClN3/c1-16-9-15-8-11(16)7-14-6-10-4-2-3-5-12(10)13/h2-5,8-9,14H,6-7H2,1H3. The summed E-state index contributed by atoms with van der Waals surface area (Å²) >= 11 is 6.06. The highest BCUT2D eigenvalue weighted by Gasteiger charge is 2.00. The average molecular weight is 236 g/mol. The van der Waals surface area contributed by atoms with Crippen LogP contribution in [0.25, 0.3) is 0 Å². The third-order valence-corrected chi connectivity index (χ3v) is 2.86. The molecule has 84 valence electrons. The Bertz CT molecular complexity index is 465. The molecule has 1 aromatic heterocycles. The molecule has 0 aliphatic carbocycles. The molecule has 4 heteroatoms. The van der Waals surface area contributed by atoms with E-state index in [2.05, 4.69) is 10.3 Å². The summed E-state index contributed by atoms with van der Waals surface area (Å²) in [7, 11) is 1.99. The molecule has 2 aromatic rings. The summed E-state index contributed by atoms with van der Waals surface area (Å²) in [6.07, 6.45) is 3.66. The first-order valence-electron chi connectivity index (χ1n) is 5.16. The van der Waals surface area contributed by atoms with Gasteiger partial charge in [0.1, 0.15) is 0 Å². The lowest BCUT2D eigenvalue weighted by Crippen LogP contribution is -2.14. The molecule has 0 radical (unpaired) electrons. The number of halogens is 1. The highest BCUT2D eigenvalue weighted by atomic mass is 35.5. The molecule has 0 bridgehead atoms. The molecule has 0 unspecified atom stereocenters. The van der Waals surface area contributed by atoms with Gasteiger partial charge in [-0.3, -0.25) is 0 Å². The number of aromatic nitrogens is 2. The van der Waals surface area contributed by atoms with Crippen molar-refractivity contribution in [1.29, 1.82) is 0 Å². The van der Waals surface area contributed by atoms with E-state index in [0.717, 1.165) is 29.4 Å². The van der Waals surface area contributed by atoms with Crippen molar-refractivity contribution in [3.63, 3.8) is 0 Å². The van der Waals surface area contributed by atoms with Gasteiger partial charge in [-0.05, 0) is 11.6 Å². The molecule has 0 aliphatic heterocycles. The number of hydrogen-bond donors (Lipinski definition) is 1. The van der Waals surface area contributed by atoms with Crippen molar-refractivity contribution in [2.45, 2.75) is 13.1 Å². The minimum absolute atomic E-state index is 0.769. The molecule has 0 aliphatic rings. The monoisotopic (exact) mass is 235 g/mol. The number of hydrogen-bond acceptors (Lipinski definition) is 2. The van der Waals surface area contributed by atoms with E-state index in [4.69, 9.17) is 11.6 Å². The molecular weight excluding hydrogens is 222 g/mol. The summed E-state index contributed by atoms with van der Waals surface area (Å²) in [4.78, 5) is 4.06. The predicted octanol–water partition coefficient (Wildman–Crippen LogP) is 2.36. The van der Waals surface area contributed by atoms with E-state index >= 15 is 0 Å². The molecule has 0 saturated carbocycles. The van der Waals surface area contributed by atoms with Gasteiger partial charge in [0.15, 0.2) is 0 Å². The molecule has 1 heterocycles. The van der Waals surface area contributed by atoms with Gasteiger partial charge in [-0.1, -0.05) is 29.8 Å². The lowest BCUT2D eigenvalue weighted by atomic mass is 10.2. The van der Waals surface area contributed by atoms with Crippen molar-refractivity contribution in [3.05, 3.63) is 53.1 Å². The van der Waals surface area contributed by atoms with Crippen LogP contribution < -0.4 is 5.32 Å². The van der Waals surface area contributed by atoms with Crippen LogP contribution in [0.5, 0.6) is 0 Å². The highest BCUT2D eigenvalue weighted by Crippen LogP contribution is 2.14. The van der Waals surface area contributed by atoms with Gasteiger partial charge in [-0.25, -0.2) is 4.98 Å². The lowest BCUT2D eigenvalue weighted by molar-refractivity contribution is 0.655. The largest absolute Gasteiger partial charge is 0.337 e. The Kier molecular flexibility index (Phi) is 3.59. The number of rotatable bonds is 4. The second-order valence-corrected chi connectivity index (χ2v) is 4.10. The number of nitrogens with one attached hydrogen (secondary N) is 1. The van der Waals surface area contributed by atoms with Crippen LogP contribution in [0.2, 0.25) is 5.02 Å². The van der Waals surface area contributed by atoms with Crippen molar-refractivity contribution in [2.24, 2.45) is 7.05 Å². The molecule has 3 nitrogen and oxygen atoms in total. The predicted molar refractivity (Wildman–Crippen MR) is 65.2 cm³/mol. The maximum atomic E-state index is 6.06. The van der Waals surface area contributed by atoms with Gasteiger partial charge >= 0.3 is 0 Å². The normalized spacial score (nSPS) is 10.6. The molecule has 0 saturated heterocycles. The molecular formula is C12H14ClN3. The van der Waals surface area contributed by atoms with Gasteiger partial charge in [-0.2, -0.15) is 0 Å². The smallest absolute Gasteiger partial charge is 0.0945 e. The fourth-order valence-electron chi connectivity index (χ4n) is 1.52. The van der Waals surface area contributed by atoms with Crippen molar-refractivity contribution in [1.82, 2.24) is 14.9 Å². The van der Waals surface area contributed by atoms with E-state index in [1.807, 2.05) is 42.1 Å². The van der Waals surface area contributed by atoms with Crippen LogP contribution in [0.4, 0.5) is 0 Å². The van der Waals surface area contributed by atoms with E-state index in [1.54, 1.807) is 6.33 Å². The summed E-state index contributed by atoms with van der Waals surface area (Å²) in [6.45, 7) is 1.56. The molecule has 16 heavy (non-hydrogen) atoms. The summed E-state index contributed by atoms with van der Waals surface area (Å²) < 4.78 is 2.00. The molecule has 0 amide bonds. The van der Waals surface area contributed by atoms with Gasteiger partial charge in [-0.15, -0.1) is 0 Å². The van der Waals surface area contributed by atoms with Crippen molar-refractivity contribution < 1.29 is 0 Å². The zero-order valence-corrected chi connectivity index (χ0v) is 9.91. The Balaban J connectivity index is 1.89. The molecule has 2 rings (SSSR count). The molecule has 1 N–H and O–H groups in total. The number of benzene rings is 1. The zero-order chi connectivity index (χ0) is 11.4. The highest BCUT2D eigenvalue weighted by molar-refractivity contribution is 6.31. The topological polar surface area (TPSA) is 29.9 Å². The van der Waals surface area contributed by atoms with Crippen LogP contribution in [0.3, 0.4) is 0 Å². The first-order valence-corrected chi connectivity index (χ1v) is 5.54. The first kappa shape index (κ1) is 11.2. The summed E-state index contributed by atoms with van der Waals surface area (Å²) in [6, 6.07) is 7.86. The number of aryl methyl sites for hydroxylation is 1. The van der Waals surface area contributed by atoms with Gasteiger partial charge in [0.25, 0.3) is 0 Å². The maximum absolute atomic E-state index is 6.06. The summed E-state index contributed by atoms with van der Waals surface area (Å²) in [5.41, 5.74) is 2.28. The second-order valence-electron chi connectivity index (χ2n) is 3.69. The molecule has 1 aromatic carbocycles. The maximum Gasteiger partial charge on any atom is 0.0945 e. The van der Waals surface area contributed by atoms with Crippen LogP contribution in [-0.4, -0.2) is 9.55 Å². The average Bonchev–Trinajstić information content (AvgIpc) is 2.67. The third kappa shape index (κ3) is 2.62. The van der Waals surface area contributed by atoms with Gasteiger partial charge in [0, 0.05) is 31.4 Å². The van der Waals surface area contributed by atoms with E-state index in [0.29, 0.717) is 0 Å². The Morgan fingerprint density at radius 2 is 2.12 bits per heavy atom. The van der Waals surface area contributed by atoms with E-state index in [9.17, 15) is 0 Å². The van der Waals surface area contributed by atoms with Crippen LogP contribution in [0.1, 0.15) is 11.3 Å². The number of imidazole rings is 1. The van der Waals surface area contributed by atoms with Crippen LogP contribution in [-0.2, 0) is 20.1 Å². The Labute approximate surface area is 100 Å². The second kappa shape index (κ2) is 5.14. The fraction of sp³-hybridized carbons (Fsp3) is 0.250. The SMILES string of the molecule is Cn1cncc1CNCc1ccccc1Cl. The van der Waals surface area contributed by atoms with Crippen LogP contribution >= 0.6 is 11.6 Å². The third-order valence-electron chi connectivity index (χ3n) is 2.50. The minimum atomic E-state index is 0.769. The van der Waals surface area contributed by atoms with Crippen molar-refractivity contribution >= 4 is 11.6 Å². The first-order chi connectivity index (χ1) is 7.77. The van der Waals surface area contributed by atoms with Gasteiger partial charge in [0.2, 0.25) is 0 Å². The van der Waals surface area contributed by atoms with Crippen molar-refractivity contribution in [2.75, 3.05) is 0 Å². The van der Waals surface area contributed by atoms with E-state index < -0.39 is 0 Å². The fourth-order valence-corrected chi connectivity index (χ4v) is 1.72. The Hall–Kier alpha value is -1.32. The Morgan fingerprint density at radius 3 is 2.81 bits per heavy atom. The van der Waals surface area contributed by atoms with Gasteiger partial charge < -0.3 is 9.88 Å². The van der Waals surface area contributed by atoms with E-state index in [-0.39, 0.29) is 0 Å².